The zero-order chi connectivity index (χ0) is 12.0. The normalized spacial score (nSPS) is 25.8. The number of ether oxygens (including phenoxy) is 1. The molecule has 0 aromatic carbocycles. The van der Waals surface area contributed by atoms with Crippen LogP contribution in [0.5, 0.6) is 0 Å². The SMILES string of the molecule is CC(C)OCC(=O)NCC1CCCCC1C. The van der Waals surface area contributed by atoms with Crippen molar-refractivity contribution in [2.75, 3.05) is 13.2 Å². The van der Waals surface area contributed by atoms with Crippen molar-refractivity contribution in [1.29, 1.82) is 0 Å². The van der Waals surface area contributed by atoms with Crippen LogP contribution in [0.25, 0.3) is 0 Å². The van der Waals surface area contributed by atoms with E-state index in [-0.39, 0.29) is 18.6 Å². The number of nitrogens with one attached hydrogen (secondary N) is 1. The molecule has 3 heteroatoms. The smallest absolute Gasteiger partial charge is 0.246 e. The number of rotatable bonds is 5. The highest BCUT2D eigenvalue weighted by molar-refractivity contribution is 5.77. The monoisotopic (exact) mass is 227 g/mol. The fourth-order valence-corrected chi connectivity index (χ4v) is 2.23. The molecule has 1 N–H and O–H groups in total. The van der Waals surface area contributed by atoms with Gasteiger partial charge in [-0.3, -0.25) is 4.79 Å². The largest absolute Gasteiger partial charge is 0.369 e. The number of carbonyl (C=O) groups excluding carboxylic acids is 1. The number of amides is 1. The van der Waals surface area contributed by atoms with E-state index in [2.05, 4.69) is 12.2 Å². The summed E-state index contributed by atoms with van der Waals surface area (Å²) in [5.74, 6) is 1.43. The van der Waals surface area contributed by atoms with E-state index in [0.717, 1.165) is 12.5 Å². The van der Waals surface area contributed by atoms with Crippen molar-refractivity contribution in [1.82, 2.24) is 5.32 Å². The lowest BCUT2D eigenvalue weighted by Crippen LogP contribution is -2.35. The molecule has 1 aliphatic rings. The van der Waals surface area contributed by atoms with Crippen molar-refractivity contribution < 1.29 is 9.53 Å². The zero-order valence-electron chi connectivity index (χ0n) is 10.8. The van der Waals surface area contributed by atoms with Crippen LogP contribution >= 0.6 is 0 Å². The van der Waals surface area contributed by atoms with E-state index in [1.165, 1.54) is 25.7 Å². The molecule has 0 saturated heterocycles. The van der Waals surface area contributed by atoms with Crippen LogP contribution in [0.15, 0.2) is 0 Å². The Morgan fingerprint density at radius 1 is 1.38 bits per heavy atom. The minimum absolute atomic E-state index is 0.0199. The summed E-state index contributed by atoms with van der Waals surface area (Å²) in [6.07, 6.45) is 5.35. The molecule has 94 valence electrons. The molecular weight excluding hydrogens is 202 g/mol. The van der Waals surface area contributed by atoms with Gasteiger partial charge in [0.15, 0.2) is 0 Å². The first-order valence-electron chi connectivity index (χ1n) is 6.48. The van der Waals surface area contributed by atoms with Crippen LogP contribution in [-0.4, -0.2) is 25.2 Å². The third-order valence-electron chi connectivity index (χ3n) is 3.40. The van der Waals surface area contributed by atoms with Crippen LogP contribution in [0.3, 0.4) is 0 Å². The van der Waals surface area contributed by atoms with E-state index in [0.29, 0.717) is 5.92 Å². The van der Waals surface area contributed by atoms with E-state index in [9.17, 15) is 4.79 Å². The molecule has 0 spiro atoms. The van der Waals surface area contributed by atoms with Gasteiger partial charge in [-0.1, -0.05) is 26.2 Å². The maximum atomic E-state index is 11.5. The van der Waals surface area contributed by atoms with Crippen molar-refractivity contribution in [3.8, 4) is 0 Å². The second-order valence-corrected chi connectivity index (χ2v) is 5.19. The molecule has 2 unspecified atom stereocenters. The Morgan fingerprint density at radius 2 is 2.06 bits per heavy atom. The average molecular weight is 227 g/mol. The molecule has 0 aliphatic heterocycles. The Balaban J connectivity index is 2.15. The van der Waals surface area contributed by atoms with Crippen LogP contribution in [-0.2, 0) is 9.53 Å². The summed E-state index contributed by atoms with van der Waals surface area (Å²) in [5, 5.41) is 2.97. The topological polar surface area (TPSA) is 38.3 Å². The third kappa shape index (κ3) is 4.97. The molecule has 3 nitrogen and oxygen atoms in total. The van der Waals surface area contributed by atoms with Crippen molar-refractivity contribution in [3.05, 3.63) is 0 Å². The van der Waals surface area contributed by atoms with E-state index in [1.54, 1.807) is 0 Å². The van der Waals surface area contributed by atoms with Crippen molar-refractivity contribution >= 4 is 5.91 Å². The lowest BCUT2D eigenvalue weighted by atomic mass is 9.80. The van der Waals surface area contributed by atoms with Gasteiger partial charge in [0.05, 0.1) is 6.10 Å². The Hall–Kier alpha value is -0.570. The number of carbonyl (C=O) groups is 1. The van der Waals surface area contributed by atoms with Gasteiger partial charge in [0.1, 0.15) is 6.61 Å². The number of hydrogen-bond acceptors (Lipinski definition) is 2. The highest BCUT2D eigenvalue weighted by atomic mass is 16.5. The van der Waals surface area contributed by atoms with Gasteiger partial charge in [-0.25, -0.2) is 0 Å². The first-order valence-corrected chi connectivity index (χ1v) is 6.48. The van der Waals surface area contributed by atoms with Crippen molar-refractivity contribution in [2.45, 2.75) is 52.6 Å². The van der Waals surface area contributed by atoms with Gasteiger partial charge in [0.2, 0.25) is 5.91 Å². The fraction of sp³-hybridized carbons (Fsp3) is 0.923. The van der Waals surface area contributed by atoms with Gasteiger partial charge < -0.3 is 10.1 Å². The van der Waals surface area contributed by atoms with E-state index < -0.39 is 0 Å². The first kappa shape index (κ1) is 13.5. The van der Waals surface area contributed by atoms with Crippen LogP contribution in [0, 0.1) is 11.8 Å². The summed E-state index contributed by atoms with van der Waals surface area (Å²) in [4.78, 5) is 11.5. The molecule has 1 saturated carbocycles. The first-order chi connectivity index (χ1) is 7.59. The molecule has 0 aromatic heterocycles. The van der Waals surface area contributed by atoms with Gasteiger partial charge in [0.25, 0.3) is 0 Å². The van der Waals surface area contributed by atoms with E-state index in [1.807, 2.05) is 13.8 Å². The molecule has 0 bridgehead atoms. The van der Waals surface area contributed by atoms with Gasteiger partial charge >= 0.3 is 0 Å². The molecule has 1 rings (SSSR count). The Labute approximate surface area is 98.9 Å². The molecule has 0 radical (unpaired) electrons. The Morgan fingerprint density at radius 3 is 2.69 bits per heavy atom. The summed E-state index contributed by atoms with van der Waals surface area (Å²) < 4.78 is 5.26. The minimum Gasteiger partial charge on any atom is -0.369 e. The molecule has 16 heavy (non-hydrogen) atoms. The van der Waals surface area contributed by atoms with Crippen molar-refractivity contribution in [3.63, 3.8) is 0 Å². The van der Waals surface area contributed by atoms with Crippen LogP contribution in [0.4, 0.5) is 0 Å². The predicted octanol–water partition coefficient (Wildman–Crippen LogP) is 2.35. The molecule has 1 amide bonds. The van der Waals surface area contributed by atoms with Gasteiger partial charge in [-0.05, 0) is 32.1 Å². The molecule has 0 aromatic rings. The molecule has 2 atom stereocenters. The Kier molecular flexibility index (Phi) is 5.81. The Bertz CT molecular complexity index is 216. The standard InChI is InChI=1S/C13H25NO2/c1-10(2)16-9-13(15)14-8-12-7-5-4-6-11(12)3/h10-12H,4-9H2,1-3H3,(H,14,15). The van der Waals surface area contributed by atoms with E-state index in [4.69, 9.17) is 4.74 Å². The minimum atomic E-state index is 0.0199. The predicted molar refractivity (Wildman–Crippen MR) is 65.2 cm³/mol. The second-order valence-electron chi connectivity index (χ2n) is 5.19. The molecule has 1 fully saturated rings. The highest BCUT2D eigenvalue weighted by Crippen LogP contribution is 2.28. The molecule has 1 aliphatic carbocycles. The lowest BCUT2D eigenvalue weighted by Gasteiger charge is -2.28. The quantitative estimate of drug-likeness (QED) is 0.783. The second kappa shape index (κ2) is 6.89. The van der Waals surface area contributed by atoms with Crippen molar-refractivity contribution in [2.24, 2.45) is 11.8 Å². The molecule has 0 heterocycles. The number of hydrogen-bond donors (Lipinski definition) is 1. The lowest BCUT2D eigenvalue weighted by molar-refractivity contribution is -0.127. The average Bonchev–Trinajstić information content (AvgIpc) is 2.25. The van der Waals surface area contributed by atoms with Crippen LogP contribution in [0.1, 0.15) is 46.5 Å². The third-order valence-corrected chi connectivity index (χ3v) is 3.40. The zero-order valence-corrected chi connectivity index (χ0v) is 10.8. The summed E-state index contributed by atoms with van der Waals surface area (Å²) in [6.45, 7) is 7.19. The van der Waals surface area contributed by atoms with Crippen LogP contribution < -0.4 is 5.32 Å². The van der Waals surface area contributed by atoms with Gasteiger partial charge in [-0.15, -0.1) is 0 Å². The summed E-state index contributed by atoms with van der Waals surface area (Å²) >= 11 is 0. The van der Waals surface area contributed by atoms with Gasteiger partial charge in [0, 0.05) is 6.54 Å². The maximum Gasteiger partial charge on any atom is 0.246 e. The summed E-state index contributed by atoms with van der Waals surface area (Å²) in [5.41, 5.74) is 0. The summed E-state index contributed by atoms with van der Waals surface area (Å²) in [7, 11) is 0. The van der Waals surface area contributed by atoms with E-state index >= 15 is 0 Å². The maximum absolute atomic E-state index is 11.5. The van der Waals surface area contributed by atoms with Gasteiger partial charge in [-0.2, -0.15) is 0 Å². The van der Waals surface area contributed by atoms with Crippen LogP contribution in [0.2, 0.25) is 0 Å². The fourth-order valence-electron chi connectivity index (χ4n) is 2.23. The summed E-state index contributed by atoms with van der Waals surface area (Å²) in [6, 6.07) is 0. The highest BCUT2D eigenvalue weighted by Gasteiger charge is 2.21. The molecular formula is C13H25NO2.